The Hall–Kier alpha value is 0.830. The normalized spacial score (nSPS) is 9.75. The Morgan fingerprint density at radius 2 is 1.12 bits per heavy atom. The smallest absolute Gasteiger partial charge is 0.0522 e. The van der Waals surface area contributed by atoms with E-state index in [9.17, 15) is 0 Å². The molecule has 0 aromatic carbocycles. The fraction of sp³-hybridized carbons (Fsp3) is 1.00. The van der Waals surface area contributed by atoms with E-state index in [0.29, 0.717) is 12.2 Å². The van der Waals surface area contributed by atoms with E-state index in [1.54, 1.807) is 0 Å². The van der Waals surface area contributed by atoms with E-state index in [2.05, 4.69) is 0 Å². The van der Waals surface area contributed by atoms with Crippen molar-refractivity contribution in [3.8, 4) is 0 Å². The van der Waals surface area contributed by atoms with E-state index in [4.69, 9.17) is 4.74 Å². The summed E-state index contributed by atoms with van der Waals surface area (Å²) in [6.07, 6.45) is 0.750. The summed E-state index contributed by atoms with van der Waals surface area (Å²) in [4.78, 5) is 0. The summed E-state index contributed by atoms with van der Waals surface area (Å²) >= 11 is 0. The van der Waals surface area contributed by atoms with Crippen LogP contribution in [0.15, 0.2) is 0 Å². The third kappa shape index (κ3) is 9.95. The van der Waals surface area contributed by atoms with Crippen molar-refractivity contribution < 1.29 is 4.74 Å². The SMILES string of the molecule is CC(C)OC(C)C.[In]. The van der Waals surface area contributed by atoms with Gasteiger partial charge < -0.3 is 4.74 Å². The monoisotopic (exact) mass is 217 g/mol. The van der Waals surface area contributed by atoms with E-state index < -0.39 is 0 Å². The van der Waals surface area contributed by atoms with Crippen LogP contribution in [0.1, 0.15) is 27.7 Å². The number of hydrogen-bond acceptors (Lipinski definition) is 1. The van der Waals surface area contributed by atoms with Gasteiger partial charge in [-0.3, -0.25) is 0 Å². The van der Waals surface area contributed by atoms with Crippen molar-refractivity contribution in [1.29, 1.82) is 0 Å². The average Bonchev–Trinajstić information content (AvgIpc) is 1.27. The first-order valence-corrected chi connectivity index (χ1v) is 2.78. The van der Waals surface area contributed by atoms with Crippen molar-refractivity contribution in [1.82, 2.24) is 0 Å². The quantitative estimate of drug-likeness (QED) is 0.679. The minimum absolute atomic E-state index is 0. The van der Waals surface area contributed by atoms with Crippen LogP contribution in [0.25, 0.3) is 0 Å². The predicted molar refractivity (Wildman–Crippen MR) is 37.1 cm³/mol. The zero-order valence-corrected chi connectivity index (χ0v) is 9.44. The number of rotatable bonds is 2. The van der Waals surface area contributed by atoms with Gasteiger partial charge in [0.2, 0.25) is 0 Å². The second-order valence-electron chi connectivity index (χ2n) is 2.23. The van der Waals surface area contributed by atoms with E-state index in [1.807, 2.05) is 27.7 Å². The zero-order chi connectivity index (χ0) is 5.86. The Morgan fingerprint density at radius 3 is 1.12 bits per heavy atom. The Balaban J connectivity index is 0. The maximum absolute atomic E-state index is 5.25. The largest absolute Gasteiger partial charge is 0.376 e. The molecular weight excluding hydrogens is 203 g/mol. The summed E-state index contributed by atoms with van der Waals surface area (Å²) in [5, 5.41) is 0. The van der Waals surface area contributed by atoms with Crippen LogP contribution in [-0.4, -0.2) is 38.1 Å². The predicted octanol–water partition coefficient (Wildman–Crippen LogP) is 1.44. The van der Waals surface area contributed by atoms with Gasteiger partial charge in [-0.2, -0.15) is 0 Å². The van der Waals surface area contributed by atoms with Gasteiger partial charge in [0.1, 0.15) is 0 Å². The Morgan fingerprint density at radius 1 is 0.875 bits per heavy atom. The Bertz CT molecular complexity index is 37.8. The zero-order valence-electron chi connectivity index (χ0n) is 6.14. The molecule has 0 bridgehead atoms. The molecule has 0 spiro atoms. The minimum Gasteiger partial charge on any atom is -0.376 e. The van der Waals surface area contributed by atoms with Gasteiger partial charge in [-0.25, -0.2) is 0 Å². The fourth-order valence-electron chi connectivity index (χ4n) is 0.544. The molecule has 8 heavy (non-hydrogen) atoms. The van der Waals surface area contributed by atoms with Gasteiger partial charge in [0.15, 0.2) is 0 Å². The number of ether oxygens (including phenoxy) is 1. The summed E-state index contributed by atoms with van der Waals surface area (Å²) in [6.45, 7) is 8.17. The molecule has 47 valence electrons. The van der Waals surface area contributed by atoms with Crippen molar-refractivity contribution in [2.24, 2.45) is 0 Å². The fourth-order valence-corrected chi connectivity index (χ4v) is 0.544. The third-order valence-corrected chi connectivity index (χ3v) is 0.544. The van der Waals surface area contributed by atoms with Gasteiger partial charge >= 0.3 is 0 Å². The van der Waals surface area contributed by atoms with E-state index in [-0.39, 0.29) is 25.8 Å². The second kappa shape index (κ2) is 5.96. The molecule has 3 radical (unpaired) electrons. The van der Waals surface area contributed by atoms with Crippen LogP contribution >= 0.6 is 0 Å². The summed E-state index contributed by atoms with van der Waals surface area (Å²) in [7, 11) is 0. The van der Waals surface area contributed by atoms with Crippen LogP contribution in [0.3, 0.4) is 0 Å². The van der Waals surface area contributed by atoms with Gasteiger partial charge in [0, 0.05) is 25.8 Å². The molecule has 0 rings (SSSR count). The maximum atomic E-state index is 5.25. The van der Waals surface area contributed by atoms with Crippen LogP contribution in [-0.2, 0) is 4.74 Å². The molecule has 0 aliphatic carbocycles. The van der Waals surface area contributed by atoms with Crippen LogP contribution in [0, 0.1) is 0 Å². The van der Waals surface area contributed by atoms with Gasteiger partial charge in [-0.1, -0.05) is 0 Å². The van der Waals surface area contributed by atoms with Crippen molar-refractivity contribution in [2.75, 3.05) is 0 Å². The summed E-state index contributed by atoms with van der Waals surface area (Å²) in [6, 6.07) is 0. The summed E-state index contributed by atoms with van der Waals surface area (Å²) in [5.41, 5.74) is 0. The third-order valence-electron chi connectivity index (χ3n) is 0.544. The molecule has 0 saturated carbocycles. The first-order chi connectivity index (χ1) is 3.13. The Labute approximate surface area is 70.6 Å². The molecule has 0 heterocycles. The topological polar surface area (TPSA) is 9.23 Å². The van der Waals surface area contributed by atoms with E-state index >= 15 is 0 Å². The van der Waals surface area contributed by atoms with E-state index in [1.165, 1.54) is 0 Å². The molecule has 0 amide bonds. The van der Waals surface area contributed by atoms with Gasteiger partial charge in [-0.05, 0) is 27.7 Å². The molecule has 0 atom stereocenters. The molecule has 0 aromatic heterocycles. The molecule has 0 N–H and O–H groups in total. The molecular formula is C6H14InO. The number of hydrogen-bond donors (Lipinski definition) is 0. The molecule has 0 aliphatic rings. The molecule has 2 heteroatoms. The van der Waals surface area contributed by atoms with Gasteiger partial charge in [-0.15, -0.1) is 0 Å². The summed E-state index contributed by atoms with van der Waals surface area (Å²) in [5.74, 6) is 0. The van der Waals surface area contributed by atoms with Crippen LogP contribution in [0.2, 0.25) is 0 Å². The first kappa shape index (κ1) is 11.6. The molecule has 0 saturated heterocycles. The van der Waals surface area contributed by atoms with E-state index in [0.717, 1.165) is 0 Å². The molecule has 0 fully saturated rings. The van der Waals surface area contributed by atoms with Gasteiger partial charge in [0.05, 0.1) is 12.2 Å². The van der Waals surface area contributed by atoms with Crippen molar-refractivity contribution in [3.05, 3.63) is 0 Å². The molecule has 0 aromatic rings. The molecule has 0 aliphatic heterocycles. The van der Waals surface area contributed by atoms with Crippen molar-refractivity contribution in [2.45, 2.75) is 39.9 Å². The Kier molecular flexibility index (Phi) is 8.64. The first-order valence-electron chi connectivity index (χ1n) is 2.78. The maximum Gasteiger partial charge on any atom is 0.0522 e. The van der Waals surface area contributed by atoms with Crippen LogP contribution in [0.4, 0.5) is 0 Å². The summed E-state index contributed by atoms with van der Waals surface area (Å²) < 4.78 is 5.25. The van der Waals surface area contributed by atoms with Crippen LogP contribution in [0.5, 0.6) is 0 Å². The molecule has 1 nitrogen and oxygen atoms in total. The molecule has 0 unspecified atom stereocenters. The standard InChI is InChI=1S/C6H14O.In/c1-5(2)7-6(3)4;/h5-6H,1-4H3;. The minimum atomic E-state index is 0. The average molecular weight is 217 g/mol. The van der Waals surface area contributed by atoms with Crippen molar-refractivity contribution >= 4 is 25.8 Å². The van der Waals surface area contributed by atoms with Gasteiger partial charge in [0.25, 0.3) is 0 Å². The second-order valence-corrected chi connectivity index (χ2v) is 2.23. The van der Waals surface area contributed by atoms with Crippen LogP contribution < -0.4 is 0 Å². The van der Waals surface area contributed by atoms with Crippen molar-refractivity contribution in [3.63, 3.8) is 0 Å².